The van der Waals surface area contributed by atoms with Gasteiger partial charge in [-0.25, -0.2) is 0 Å². The van der Waals surface area contributed by atoms with Crippen molar-refractivity contribution in [3.8, 4) is 0 Å². The molecular weight excluding hydrogens is 288 g/mol. The molecule has 0 aliphatic heterocycles. The lowest BCUT2D eigenvalue weighted by Crippen LogP contribution is -2.19. The molecule has 0 heterocycles. The molecule has 0 bridgehead atoms. The highest BCUT2D eigenvalue weighted by Crippen LogP contribution is 2.40. The fourth-order valence-corrected chi connectivity index (χ4v) is 3.12. The van der Waals surface area contributed by atoms with Crippen LogP contribution in [0.15, 0.2) is 70.9 Å². The van der Waals surface area contributed by atoms with Crippen LogP contribution < -0.4 is 0 Å². The van der Waals surface area contributed by atoms with Gasteiger partial charge in [-0.3, -0.25) is 0 Å². The Morgan fingerprint density at radius 2 is 1.62 bits per heavy atom. The summed E-state index contributed by atoms with van der Waals surface area (Å²) in [6, 6.07) is 0. The van der Waals surface area contributed by atoms with E-state index in [-0.39, 0.29) is 0 Å². The van der Waals surface area contributed by atoms with Crippen LogP contribution in [0.3, 0.4) is 0 Å². The van der Waals surface area contributed by atoms with E-state index in [1.54, 1.807) is 5.57 Å². The van der Waals surface area contributed by atoms with Gasteiger partial charge in [0.25, 0.3) is 0 Å². The first kappa shape index (κ1) is 20.5. The fraction of sp³-hybridized carbons (Fsp3) is 0.500. The molecular formula is C24H36. The second-order valence-electron chi connectivity index (χ2n) is 8.07. The Balaban J connectivity index is 2.72. The summed E-state index contributed by atoms with van der Waals surface area (Å²) in [5.41, 5.74) is 5.96. The molecule has 24 heavy (non-hydrogen) atoms. The molecule has 0 saturated carbocycles. The van der Waals surface area contributed by atoms with Gasteiger partial charge in [0.1, 0.15) is 0 Å². The Hall–Kier alpha value is -1.56. The molecule has 0 aromatic carbocycles. The number of hydrogen-bond acceptors (Lipinski definition) is 0. The van der Waals surface area contributed by atoms with Gasteiger partial charge in [0.15, 0.2) is 0 Å². The Kier molecular flexibility index (Phi) is 8.25. The Labute approximate surface area is 150 Å². The van der Waals surface area contributed by atoms with Crippen LogP contribution in [0.2, 0.25) is 0 Å². The molecule has 0 spiro atoms. The van der Waals surface area contributed by atoms with Crippen molar-refractivity contribution in [1.29, 1.82) is 0 Å². The predicted octanol–water partition coefficient (Wildman–Crippen LogP) is 7.73. The zero-order chi connectivity index (χ0) is 18.2. The molecule has 0 unspecified atom stereocenters. The van der Waals surface area contributed by atoms with Gasteiger partial charge in [-0.05, 0) is 56.9 Å². The van der Waals surface area contributed by atoms with E-state index in [9.17, 15) is 0 Å². The molecule has 0 atom stereocenters. The molecule has 0 aromatic rings. The molecule has 1 aliphatic carbocycles. The minimum absolute atomic E-state index is 0.316. The van der Waals surface area contributed by atoms with Crippen molar-refractivity contribution >= 4 is 0 Å². The first-order valence-electron chi connectivity index (χ1n) is 9.31. The minimum Gasteiger partial charge on any atom is -0.0820 e. The second kappa shape index (κ2) is 9.67. The van der Waals surface area contributed by atoms with Gasteiger partial charge >= 0.3 is 0 Å². The molecule has 0 radical (unpaired) electrons. The van der Waals surface area contributed by atoms with E-state index < -0.39 is 0 Å². The van der Waals surface area contributed by atoms with E-state index in [0.29, 0.717) is 11.3 Å². The summed E-state index contributed by atoms with van der Waals surface area (Å²) in [6.45, 7) is 15.7. The van der Waals surface area contributed by atoms with Crippen molar-refractivity contribution < 1.29 is 0 Å². The molecule has 1 rings (SSSR count). The van der Waals surface area contributed by atoms with Crippen LogP contribution in [0.4, 0.5) is 0 Å². The second-order valence-corrected chi connectivity index (χ2v) is 8.07. The number of rotatable bonds is 6. The summed E-state index contributed by atoms with van der Waals surface area (Å²) in [7, 11) is 0. The Bertz CT molecular complexity index is 584. The van der Waals surface area contributed by atoms with E-state index in [2.05, 4.69) is 97.1 Å². The third kappa shape index (κ3) is 7.34. The maximum atomic E-state index is 2.37. The molecule has 0 fully saturated rings. The highest BCUT2D eigenvalue weighted by atomic mass is 14.3. The topological polar surface area (TPSA) is 0 Å². The predicted molar refractivity (Wildman–Crippen MR) is 110 cm³/mol. The van der Waals surface area contributed by atoms with Crippen LogP contribution in [-0.2, 0) is 0 Å². The summed E-state index contributed by atoms with van der Waals surface area (Å²) in [4.78, 5) is 0. The molecule has 0 heteroatoms. The fourth-order valence-electron chi connectivity index (χ4n) is 3.12. The molecule has 1 aliphatic rings. The van der Waals surface area contributed by atoms with Gasteiger partial charge in [-0.1, -0.05) is 93.0 Å². The first-order chi connectivity index (χ1) is 11.2. The maximum absolute atomic E-state index is 2.37. The van der Waals surface area contributed by atoms with Crippen LogP contribution in [0, 0.1) is 11.3 Å². The van der Waals surface area contributed by atoms with E-state index in [4.69, 9.17) is 0 Å². The summed E-state index contributed by atoms with van der Waals surface area (Å²) >= 11 is 0. The van der Waals surface area contributed by atoms with Crippen molar-refractivity contribution in [2.24, 2.45) is 11.3 Å². The zero-order valence-electron chi connectivity index (χ0n) is 16.8. The molecule has 0 nitrogen and oxygen atoms in total. The molecule has 0 saturated heterocycles. The van der Waals surface area contributed by atoms with Gasteiger partial charge in [0.2, 0.25) is 0 Å². The van der Waals surface area contributed by atoms with Crippen molar-refractivity contribution in [2.75, 3.05) is 0 Å². The lowest BCUT2D eigenvalue weighted by atomic mass is 9.72. The van der Waals surface area contributed by atoms with Crippen molar-refractivity contribution in [2.45, 2.75) is 67.7 Å². The van der Waals surface area contributed by atoms with Gasteiger partial charge in [-0.2, -0.15) is 0 Å². The van der Waals surface area contributed by atoms with Crippen LogP contribution in [0.25, 0.3) is 0 Å². The third-order valence-corrected chi connectivity index (χ3v) is 4.63. The van der Waals surface area contributed by atoms with E-state index >= 15 is 0 Å². The minimum atomic E-state index is 0.316. The first-order valence-corrected chi connectivity index (χ1v) is 9.31. The van der Waals surface area contributed by atoms with Gasteiger partial charge < -0.3 is 0 Å². The molecule has 0 amide bonds. The number of allylic oxidation sites excluding steroid dienone is 12. The van der Waals surface area contributed by atoms with Crippen LogP contribution >= 0.6 is 0 Å². The third-order valence-electron chi connectivity index (χ3n) is 4.63. The standard InChI is InChI=1S/C24H36/c1-19(2)11-8-12-20(3)13-9-14-21(4)16-17-23-22(5)15-10-18-24(23,6)7/h8-9,11-14,16-17,19H,10,15,18H2,1-7H3/b11-8+,13-9+,17-16+,20-12+,21-14+. The maximum Gasteiger partial charge on any atom is -0.0104 e. The lowest BCUT2D eigenvalue weighted by molar-refractivity contribution is 0.377. The summed E-state index contributed by atoms with van der Waals surface area (Å²) in [6.07, 6.45) is 21.5. The Morgan fingerprint density at radius 1 is 1.00 bits per heavy atom. The highest BCUT2D eigenvalue weighted by molar-refractivity contribution is 5.37. The molecule has 0 aromatic heterocycles. The van der Waals surface area contributed by atoms with Crippen molar-refractivity contribution in [1.82, 2.24) is 0 Å². The summed E-state index contributed by atoms with van der Waals surface area (Å²) in [5, 5.41) is 0. The van der Waals surface area contributed by atoms with Gasteiger partial charge in [0.05, 0.1) is 0 Å². The quantitative estimate of drug-likeness (QED) is 0.438. The normalized spacial score (nSPS) is 20.3. The highest BCUT2D eigenvalue weighted by Gasteiger charge is 2.26. The van der Waals surface area contributed by atoms with Crippen LogP contribution in [-0.4, -0.2) is 0 Å². The van der Waals surface area contributed by atoms with Gasteiger partial charge in [0, 0.05) is 0 Å². The average molecular weight is 325 g/mol. The lowest BCUT2D eigenvalue weighted by Gasteiger charge is -2.32. The SMILES string of the molecule is CC1=C(/C=C/C(C)=C/C=C/C(C)=C/C=C/C(C)C)C(C)(C)CCC1. The van der Waals surface area contributed by atoms with E-state index in [0.717, 1.165) is 0 Å². The zero-order valence-corrected chi connectivity index (χ0v) is 16.8. The van der Waals surface area contributed by atoms with Crippen LogP contribution in [0.1, 0.15) is 67.7 Å². The average Bonchev–Trinajstić information content (AvgIpc) is 2.45. The summed E-state index contributed by atoms with van der Waals surface area (Å²) in [5.74, 6) is 0.604. The van der Waals surface area contributed by atoms with Crippen LogP contribution in [0.5, 0.6) is 0 Å². The monoisotopic (exact) mass is 324 g/mol. The van der Waals surface area contributed by atoms with E-state index in [1.165, 1.54) is 36.0 Å². The number of hydrogen-bond donors (Lipinski definition) is 0. The molecule has 0 N–H and O–H groups in total. The Morgan fingerprint density at radius 3 is 2.25 bits per heavy atom. The summed E-state index contributed by atoms with van der Waals surface area (Å²) < 4.78 is 0. The van der Waals surface area contributed by atoms with Gasteiger partial charge in [-0.15, -0.1) is 0 Å². The van der Waals surface area contributed by atoms with Crippen molar-refractivity contribution in [3.63, 3.8) is 0 Å². The largest absolute Gasteiger partial charge is 0.0820 e. The van der Waals surface area contributed by atoms with Crippen molar-refractivity contribution in [3.05, 3.63) is 70.9 Å². The smallest absolute Gasteiger partial charge is 0.0104 e. The molecule has 132 valence electrons. The van der Waals surface area contributed by atoms with E-state index in [1.807, 2.05) is 0 Å².